The van der Waals surface area contributed by atoms with Gasteiger partial charge in [0, 0.05) is 20.1 Å². The first-order valence-electron chi connectivity index (χ1n) is 4.44. The molecule has 1 N–H and O–H groups in total. The molecule has 2 unspecified atom stereocenters. The van der Waals surface area contributed by atoms with Crippen molar-refractivity contribution in [1.29, 1.82) is 0 Å². The molecule has 0 amide bonds. The minimum Gasteiger partial charge on any atom is -0.387 e. The van der Waals surface area contributed by atoms with Gasteiger partial charge in [-0.3, -0.25) is 0 Å². The Labute approximate surface area is 73.7 Å². The van der Waals surface area contributed by atoms with E-state index in [0.29, 0.717) is 19.6 Å². The molecule has 3 nitrogen and oxygen atoms in total. The Bertz CT molecular complexity index is 147. The van der Waals surface area contributed by atoms with Gasteiger partial charge >= 0.3 is 0 Å². The van der Waals surface area contributed by atoms with Gasteiger partial charge in [-0.1, -0.05) is 13.8 Å². The molecule has 3 heteroatoms. The molecule has 0 aromatic carbocycles. The van der Waals surface area contributed by atoms with Crippen LogP contribution in [0.4, 0.5) is 0 Å². The minimum absolute atomic E-state index is 0.175. The molecule has 0 aromatic rings. The maximum Gasteiger partial charge on any atom is 0.109 e. The van der Waals surface area contributed by atoms with Crippen molar-refractivity contribution in [3.8, 4) is 0 Å². The van der Waals surface area contributed by atoms with E-state index in [1.165, 1.54) is 0 Å². The molecule has 1 heterocycles. The summed E-state index contributed by atoms with van der Waals surface area (Å²) in [5, 5.41) is 10.2. The quantitative estimate of drug-likeness (QED) is 0.673. The molecule has 12 heavy (non-hydrogen) atoms. The van der Waals surface area contributed by atoms with Crippen LogP contribution in [0.5, 0.6) is 0 Å². The monoisotopic (exact) mass is 174 g/mol. The van der Waals surface area contributed by atoms with E-state index in [9.17, 15) is 5.11 Å². The summed E-state index contributed by atoms with van der Waals surface area (Å²) >= 11 is 0. The number of methoxy groups -OCH3 is 1. The first kappa shape index (κ1) is 9.96. The molecule has 0 spiro atoms. The minimum atomic E-state index is -0.701. The van der Waals surface area contributed by atoms with E-state index < -0.39 is 5.60 Å². The lowest BCUT2D eigenvalue weighted by atomic mass is 9.81. The fourth-order valence-corrected chi connectivity index (χ4v) is 1.66. The second-order valence-corrected chi connectivity index (χ2v) is 3.70. The van der Waals surface area contributed by atoms with Crippen LogP contribution in [-0.2, 0) is 9.47 Å². The van der Waals surface area contributed by atoms with E-state index in [-0.39, 0.29) is 12.0 Å². The highest BCUT2D eigenvalue weighted by Crippen LogP contribution is 2.30. The molecule has 1 aliphatic rings. The van der Waals surface area contributed by atoms with E-state index >= 15 is 0 Å². The van der Waals surface area contributed by atoms with Gasteiger partial charge in [-0.2, -0.15) is 0 Å². The Kier molecular flexibility index (Phi) is 3.09. The van der Waals surface area contributed by atoms with Crippen LogP contribution in [0.15, 0.2) is 0 Å². The van der Waals surface area contributed by atoms with Gasteiger partial charge in [0.2, 0.25) is 0 Å². The molecule has 1 rings (SSSR count). The highest BCUT2D eigenvalue weighted by Gasteiger charge is 2.42. The molecule has 72 valence electrons. The van der Waals surface area contributed by atoms with Crippen LogP contribution in [0, 0.1) is 5.92 Å². The first-order valence-corrected chi connectivity index (χ1v) is 4.44. The van der Waals surface area contributed by atoms with Crippen LogP contribution in [0.2, 0.25) is 0 Å². The van der Waals surface area contributed by atoms with Gasteiger partial charge < -0.3 is 14.6 Å². The Hall–Kier alpha value is -0.120. The smallest absolute Gasteiger partial charge is 0.109 e. The third-order valence-electron chi connectivity index (χ3n) is 2.76. The number of rotatable bonds is 2. The SMILES string of the molecule is COC1COCCC1(O)C(C)C. The van der Waals surface area contributed by atoms with Crippen molar-refractivity contribution in [2.24, 2.45) is 5.92 Å². The molecule has 0 saturated carbocycles. The number of hydrogen-bond acceptors (Lipinski definition) is 3. The zero-order valence-electron chi connectivity index (χ0n) is 8.04. The van der Waals surface area contributed by atoms with Gasteiger partial charge in [0.05, 0.1) is 12.2 Å². The molecule has 1 saturated heterocycles. The van der Waals surface area contributed by atoms with Gasteiger partial charge in [0.25, 0.3) is 0 Å². The molecule has 0 aromatic heterocycles. The molecule has 0 radical (unpaired) electrons. The molecular formula is C9H18O3. The second-order valence-electron chi connectivity index (χ2n) is 3.70. The first-order chi connectivity index (χ1) is 5.61. The van der Waals surface area contributed by atoms with Crippen molar-refractivity contribution in [2.75, 3.05) is 20.3 Å². The standard InChI is InChI=1S/C9H18O3/c1-7(2)9(10)4-5-12-6-8(9)11-3/h7-8,10H,4-6H2,1-3H3. The van der Waals surface area contributed by atoms with E-state index in [4.69, 9.17) is 9.47 Å². The Balaban J connectivity index is 2.68. The molecule has 1 aliphatic heterocycles. The van der Waals surface area contributed by atoms with Gasteiger partial charge in [0.15, 0.2) is 0 Å². The van der Waals surface area contributed by atoms with Crippen LogP contribution in [0.25, 0.3) is 0 Å². The number of hydrogen-bond donors (Lipinski definition) is 1. The highest BCUT2D eigenvalue weighted by atomic mass is 16.5. The van der Waals surface area contributed by atoms with Gasteiger partial charge in [0.1, 0.15) is 6.10 Å². The molecule has 0 aliphatic carbocycles. The lowest BCUT2D eigenvalue weighted by Crippen LogP contribution is -2.53. The van der Waals surface area contributed by atoms with E-state index in [1.807, 2.05) is 13.8 Å². The summed E-state index contributed by atoms with van der Waals surface area (Å²) < 4.78 is 10.4. The lowest BCUT2D eigenvalue weighted by molar-refractivity contribution is -0.184. The van der Waals surface area contributed by atoms with Crippen molar-refractivity contribution in [2.45, 2.75) is 32.0 Å². The summed E-state index contributed by atoms with van der Waals surface area (Å²) in [4.78, 5) is 0. The van der Waals surface area contributed by atoms with Gasteiger partial charge in [-0.25, -0.2) is 0 Å². The zero-order chi connectivity index (χ0) is 9.19. The fraction of sp³-hybridized carbons (Fsp3) is 1.00. The average Bonchev–Trinajstić information content (AvgIpc) is 2.05. The topological polar surface area (TPSA) is 38.7 Å². The third kappa shape index (κ3) is 1.63. The second kappa shape index (κ2) is 3.73. The largest absolute Gasteiger partial charge is 0.387 e. The van der Waals surface area contributed by atoms with E-state index in [0.717, 1.165) is 0 Å². The third-order valence-corrected chi connectivity index (χ3v) is 2.76. The van der Waals surface area contributed by atoms with Crippen molar-refractivity contribution in [3.05, 3.63) is 0 Å². The summed E-state index contributed by atoms with van der Waals surface area (Å²) in [7, 11) is 1.62. The summed E-state index contributed by atoms with van der Waals surface area (Å²) in [6.07, 6.45) is 0.495. The maximum atomic E-state index is 10.2. The average molecular weight is 174 g/mol. The predicted octanol–water partition coefficient (Wildman–Crippen LogP) is 0.809. The summed E-state index contributed by atoms with van der Waals surface area (Å²) in [6.45, 7) is 5.16. The van der Waals surface area contributed by atoms with Crippen molar-refractivity contribution >= 4 is 0 Å². The molecule has 1 fully saturated rings. The molecular weight excluding hydrogens is 156 g/mol. The highest BCUT2D eigenvalue weighted by molar-refractivity contribution is 4.92. The maximum absolute atomic E-state index is 10.2. The van der Waals surface area contributed by atoms with Gasteiger partial charge in [-0.15, -0.1) is 0 Å². The van der Waals surface area contributed by atoms with Crippen LogP contribution in [0.3, 0.4) is 0 Å². The summed E-state index contributed by atoms with van der Waals surface area (Å²) in [6, 6.07) is 0. The van der Waals surface area contributed by atoms with Crippen molar-refractivity contribution < 1.29 is 14.6 Å². The normalized spacial score (nSPS) is 37.2. The summed E-state index contributed by atoms with van der Waals surface area (Å²) in [5.74, 6) is 0.214. The van der Waals surface area contributed by atoms with Gasteiger partial charge in [-0.05, 0) is 5.92 Å². The van der Waals surface area contributed by atoms with Crippen LogP contribution in [-0.4, -0.2) is 37.1 Å². The van der Waals surface area contributed by atoms with E-state index in [2.05, 4.69) is 0 Å². The Morgan fingerprint density at radius 2 is 2.25 bits per heavy atom. The van der Waals surface area contributed by atoms with Crippen LogP contribution < -0.4 is 0 Å². The Morgan fingerprint density at radius 1 is 1.58 bits per heavy atom. The predicted molar refractivity (Wildman–Crippen MR) is 46.0 cm³/mol. The molecule has 2 atom stereocenters. The Morgan fingerprint density at radius 3 is 2.67 bits per heavy atom. The summed E-state index contributed by atoms with van der Waals surface area (Å²) in [5.41, 5.74) is -0.701. The van der Waals surface area contributed by atoms with E-state index in [1.54, 1.807) is 7.11 Å². The molecule has 0 bridgehead atoms. The van der Waals surface area contributed by atoms with Crippen molar-refractivity contribution in [1.82, 2.24) is 0 Å². The fourth-order valence-electron chi connectivity index (χ4n) is 1.66. The number of ether oxygens (including phenoxy) is 2. The van der Waals surface area contributed by atoms with Crippen LogP contribution >= 0.6 is 0 Å². The zero-order valence-corrected chi connectivity index (χ0v) is 8.04. The lowest BCUT2D eigenvalue weighted by Gasteiger charge is -2.41. The van der Waals surface area contributed by atoms with Crippen molar-refractivity contribution in [3.63, 3.8) is 0 Å². The van der Waals surface area contributed by atoms with Crippen LogP contribution in [0.1, 0.15) is 20.3 Å². The number of aliphatic hydroxyl groups is 1.